The minimum Gasteiger partial charge on any atom is -0.396 e. The molecule has 5 nitrogen and oxygen atoms in total. The van der Waals surface area contributed by atoms with E-state index in [9.17, 15) is 4.79 Å². The SMILES string of the molecule is CC(CO)CCCNC(=O)c1n[nH]c2ccccc12. The molecule has 1 aromatic heterocycles. The number of aliphatic hydroxyl groups is 1. The van der Waals surface area contributed by atoms with Gasteiger partial charge >= 0.3 is 0 Å². The highest BCUT2D eigenvalue weighted by Gasteiger charge is 2.12. The van der Waals surface area contributed by atoms with Crippen LogP contribution in [0, 0.1) is 5.92 Å². The van der Waals surface area contributed by atoms with Crippen LogP contribution >= 0.6 is 0 Å². The van der Waals surface area contributed by atoms with Gasteiger partial charge in [0.05, 0.1) is 5.52 Å². The van der Waals surface area contributed by atoms with Crippen LogP contribution < -0.4 is 5.32 Å². The molecular formula is C14H19N3O2. The van der Waals surface area contributed by atoms with Crippen LogP contribution in [-0.2, 0) is 0 Å². The molecule has 0 aliphatic rings. The molecule has 0 spiro atoms. The monoisotopic (exact) mass is 261 g/mol. The number of para-hydroxylation sites is 1. The molecule has 0 bridgehead atoms. The van der Waals surface area contributed by atoms with Gasteiger partial charge in [-0.05, 0) is 24.8 Å². The molecule has 0 saturated carbocycles. The maximum absolute atomic E-state index is 12.0. The van der Waals surface area contributed by atoms with Crippen molar-refractivity contribution < 1.29 is 9.90 Å². The average molecular weight is 261 g/mol. The van der Waals surface area contributed by atoms with Crippen LogP contribution in [-0.4, -0.2) is 34.4 Å². The number of aliphatic hydroxyl groups excluding tert-OH is 1. The van der Waals surface area contributed by atoms with E-state index in [-0.39, 0.29) is 18.4 Å². The summed E-state index contributed by atoms with van der Waals surface area (Å²) in [5, 5.41) is 19.5. The number of hydrogen-bond donors (Lipinski definition) is 3. The molecule has 0 radical (unpaired) electrons. The zero-order valence-electron chi connectivity index (χ0n) is 11.0. The van der Waals surface area contributed by atoms with Crippen molar-refractivity contribution in [1.82, 2.24) is 15.5 Å². The number of benzene rings is 1. The Labute approximate surface area is 112 Å². The van der Waals surface area contributed by atoms with Crippen molar-refractivity contribution in [3.63, 3.8) is 0 Å². The highest BCUT2D eigenvalue weighted by molar-refractivity contribution is 6.04. The minimum absolute atomic E-state index is 0.158. The number of nitrogens with zero attached hydrogens (tertiary/aromatic N) is 1. The van der Waals surface area contributed by atoms with Gasteiger partial charge in [-0.3, -0.25) is 9.89 Å². The van der Waals surface area contributed by atoms with Crippen molar-refractivity contribution in [2.45, 2.75) is 19.8 Å². The third-order valence-electron chi connectivity index (χ3n) is 3.16. The number of amides is 1. The Morgan fingerprint density at radius 1 is 1.47 bits per heavy atom. The third kappa shape index (κ3) is 3.32. The lowest BCUT2D eigenvalue weighted by Crippen LogP contribution is -2.25. The van der Waals surface area contributed by atoms with E-state index in [1.54, 1.807) is 0 Å². The standard InChI is InChI=1S/C14H19N3O2/c1-10(9-18)5-4-8-15-14(19)13-11-6-2-3-7-12(11)16-17-13/h2-3,6-7,10,18H,4-5,8-9H2,1H3,(H,15,19)(H,16,17). The molecule has 0 fully saturated rings. The largest absolute Gasteiger partial charge is 0.396 e. The first-order valence-corrected chi connectivity index (χ1v) is 6.54. The van der Waals surface area contributed by atoms with E-state index < -0.39 is 0 Å². The van der Waals surface area contributed by atoms with Gasteiger partial charge in [-0.1, -0.05) is 25.1 Å². The van der Waals surface area contributed by atoms with Gasteiger partial charge in [-0.25, -0.2) is 0 Å². The molecule has 19 heavy (non-hydrogen) atoms. The van der Waals surface area contributed by atoms with Crippen LogP contribution in [0.3, 0.4) is 0 Å². The number of H-pyrrole nitrogens is 1. The summed E-state index contributed by atoms with van der Waals surface area (Å²) in [4.78, 5) is 12.0. The molecule has 3 N–H and O–H groups in total. The van der Waals surface area contributed by atoms with Gasteiger partial charge < -0.3 is 10.4 Å². The average Bonchev–Trinajstić information content (AvgIpc) is 2.87. The highest BCUT2D eigenvalue weighted by atomic mass is 16.3. The fourth-order valence-corrected chi connectivity index (χ4v) is 1.96. The first-order chi connectivity index (χ1) is 9.22. The van der Waals surface area contributed by atoms with Crippen molar-refractivity contribution in [3.05, 3.63) is 30.0 Å². The van der Waals surface area contributed by atoms with E-state index >= 15 is 0 Å². The van der Waals surface area contributed by atoms with E-state index in [0.29, 0.717) is 12.2 Å². The Balaban J connectivity index is 1.90. The summed E-state index contributed by atoms with van der Waals surface area (Å²) in [6, 6.07) is 7.56. The smallest absolute Gasteiger partial charge is 0.272 e. The molecule has 2 aromatic rings. The van der Waals surface area contributed by atoms with Gasteiger partial charge in [0.2, 0.25) is 0 Å². The number of hydrogen-bond acceptors (Lipinski definition) is 3. The van der Waals surface area contributed by atoms with Gasteiger partial charge in [0.1, 0.15) is 0 Å². The minimum atomic E-state index is -0.158. The number of fused-ring (bicyclic) bond motifs is 1. The first-order valence-electron chi connectivity index (χ1n) is 6.54. The Morgan fingerprint density at radius 2 is 2.26 bits per heavy atom. The number of carbonyl (C=O) groups excluding carboxylic acids is 1. The summed E-state index contributed by atoms with van der Waals surface area (Å²) in [5.74, 6) is 0.122. The van der Waals surface area contributed by atoms with Gasteiger partial charge in [0, 0.05) is 18.5 Å². The summed E-state index contributed by atoms with van der Waals surface area (Å²) in [6.45, 7) is 2.78. The lowest BCUT2D eigenvalue weighted by Gasteiger charge is -2.07. The lowest BCUT2D eigenvalue weighted by molar-refractivity contribution is 0.0948. The van der Waals surface area contributed by atoms with E-state index in [4.69, 9.17) is 5.11 Å². The van der Waals surface area contributed by atoms with Gasteiger partial charge in [0.15, 0.2) is 5.69 Å². The Hall–Kier alpha value is -1.88. The summed E-state index contributed by atoms with van der Waals surface area (Å²) >= 11 is 0. The number of nitrogens with one attached hydrogen (secondary N) is 2. The Kier molecular flexibility index (Phi) is 4.52. The predicted molar refractivity (Wildman–Crippen MR) is 73.9 cm³/mol. The van der Waals surface area contributed by atoms with Crippen molar-refractivity contribution >= 4 is 16.8 Å². The number of aromatic amines is 1. The topological polar surface area (TPSA) is 78.0 Å². The van der Waals surface area contributed by atoms with Crippen LogP contribution in [0.4, 0.5) is 0 Å². The third-order valence-corrected chi connectivity index (χ3v) is 3.16. The maximum Gasteiger partial charge on any atom is 0.272 e. The Bertz CT molecular complexity index is 550. The quantitative estimate of drug-likeness (QED) is 0.693. The Morgan fingerprint density at radius 3 is 3.05 bits per heavy atom. The van der Waals surface area contributed by atoms with Crippen molar-refractivity contribution in [2.75, 3.05) is 13.2 Å². The molecule has 0 aliphatic carbocycles. The summed E-state index contributed by atoms with van der Waals surface area (Å²) in [7, 11) is 0. The predicted octanol–water partition coefficient (Wildman–Crippen LogP) is 1.70. The molecule has 1 aromatic carbocycles. The van der Waals surface area contributed by atoms with E-state index in [1.807, 2.05) is 31.2 Å². The molecule has 5 heteroatoms. The molecule has 2 rings (SSSR count). The second-order valence-electron chi connectivity index (χ2n) is 4.80. The summed E-state index contributed by atoms with van der Waals surface area (Å²) < 4.78 is 0. The zero-order chi connectivity index (χ0) is 13.7. The molecule has 0 saturated heterocycles. The molecule has 1 atom stereocenters. The maximum atomic E-state index is 12.0. The van der Waals surface area contributed by atoms with Crippen LogP contribution in [0.2, 0.25) is 0 Å². The van der Waals surface area contributed by atoms with Crippen molar-refractivity contribution in [1.29, 1.82) is 0 Å². The second kappa shape index (κ2) is 6.33. The number of aromatic nitrogens is 2. The molecule has 1 amide bonds. The number of carbonyl (C=O) groups is 1. The van der Waals surface area contributed by atoms with E-state index in [0.717, 1.165) is 23.7 Å². The van der Waals surface area contributed by atoms with Crippen LogP contribution in [0.15, 0.2) is 24.3 Å². The van der Waals surface area contributed by atoms with E-state index in [2.05, 4.69) is 15.5 Å². The normalized spacial score (nSPS) is 12.5. The summed E-state index contributed by atoms with van der Waals surface area (Å²) in [5.41, 5.74) is 1.30. The molecule has 1 heterocycles. The molecule has 1 unspecified atom stereocenters. The van der Waals surface area contributed by atoms with Gasteiger partial charge in [-0.15, -0.1) is 0 Å². The van der Waals surface area contributed by atoms with E-state index in [1.165, 1.54) is 0 Å². The highest BCUT2D eigenvalue weighted by Crippen LogP contribution is 2.14. The number of rotatable bonds is 6. The molecule has 0 aliphatic heterocycles. The van der Waals surface area contributed by atoms with Crippen molar-refractivity contribution in [3.8, 4) is 0 Å². The van der Waals surface area contributed by atoms with Crippen LogP contribution in [0.5, 0.6) is 0 Å². The van der Waals surface area contributed by atoms with Crippen LogP contribution in [0.1, 0.15) is 30.3 Å². The van der Waals surface area contributed by atoms with Crippen molar-refractivity contribution in [2.24, 2.45) is 5.92 Å². The molecular weight excluding hydrogens is 242 g/mol. The fourth-order valence-electron chi connectivity index (χ4n) is 1.96. The van der Waals surface area contributed by atoms with Gasteiger partial charge in [0.25, 0.3) is 5.91 Å². The second-order valence-corrected chi connectivity index (χ2v) is 4.80. The fraction of sp³-hybridized carbons (Fsp3) is 0.429. The lowest BCUT2D eigenvalue weighted by atomic mass is 10.1. The molecule has 102 valence electrons. The summed E-state index contributed by atoms with van der Waals surface area (Å²) in [6.07, 6.45) is 1.76. The van der Waals surface area contributed by atoms with Crippen LogP contribution in [0.25, 0.3) is 10.9 Å². The zero-order valence-corrected chi connectivity index (χ0v) is 11.0. The first kappa shape index (κ1) is 13.5. The van der Waals surface area contributed by atoms with Gasteiger partial charge in [-0.2, -0.15) is 5.10 Å².